The zero-order chi connectivity index (χ0) is 14.2. The van der Waals surface area contributed by atoms with Crippen LogP contribution in [0.4, 0.5) is 0 Å². The van der Waals surface area contributed by atoms with Gasteiger partial charge in [-0.3, -0.25) is 0 Å². The van der Waals surface area contributed by atoms with E-state index < -0.39 is 0 Å². The topological polar surface area (TPSA) is 22.1 Å². The average molecular weight is 310 g/mol. The van der Waals surface area contributed by atoms with Crippen LogP contribution in [0.25, 0.3) is 0 Å². The fourth-order valence-electron chi connectivity index (χ4n) is 1.95. The van der Waals surface area contributed by atoms with Gasteiger partial charge in [0.15, 0.2) is 0 Å². The molecular weight excluding hydrogens is 290 g/mol. The molecule has 0 unspecified atom stereocenters. The second-order valence-electron chi connectivity index (χ2n) is 4.67. The van der Waals surface area contributed by atoms with E-state index in [0.29, 0.717) is 5.88 Å². The monoisotopic (exact) mass is 309 g/mol. The quantitative estimate of drug-likeness (QED) is 0.514. The van der Waals surface area contributed by atoms with Crippen molar-refractivity contribution in [3.63, 3.8) is 0 Å². The molecule has 2 nitrogen and oxygen atoms in total. The molecule has 0 amide bonds. The average Bonchev–Trinajstić information content (AvgIpc) is 2.95. The zero-order valence-electron chi connectivity index (χ0n) is 11.8. The molecule has 0 aliphatic heterocycles. The van der Waals surface area contributed by atoms with Crippen molar-refractivity contribution < 1.29 is 4.74 Å². The van der Waals surface area contributed by atoms with Gasteiger partial charge >= 0.3 is 0 Å². The van der Waals surface area contributed by atoms with Crippen molar-refractivity contribution in [3.8, 4) is 5.75 Å². The molecule has 0 fully saturated rings. The molecule has 1 aromatic heterocycles. The largest absolute Gasteiger partial charge is 0.494 e. The molecule has 1 aromatic carbocycles. The summed E-state index contributed by atoms with van der Waals surface area (Å²) >= 11 is 7.44. The lowest BCUT2D eigenvalue weighted by atomic mass is 10.2. The van der Waals surface area contributed by atoms with Crippen LogP contribution in [0.3, 0.4) is 0 Å². The number of halogens is 1. The molecule has 4 heteroatoms. The Morgan fingerprint density at radius 1 is 1.30 bits per heavy atom. The van der Waals surface area contributed by atoms with Crippen molar-refractivity contribution in [2.75, 3.05) is 6.61 Å². The maximum absolute atomic E-state index is 5.77. The number of aromatic nitrogens is 1. The molecule has 0 saturated carbocycles. The van der Waals surface area contributed by atoms with Crippen molar-refractivity contribution >= 4 is 22.9 Å². The van der Waals surface area contributed by atoms with Gasteiger partial charge in [0, 0.05) is 5.38 Å². The molecule has 0 saturated heterocycles. The highest BCUT2D eigenvalue weighted by molar-refractivity contribution is 7.09. The van der Waals surface area contributed by atoms with Crippen LogP contribution in [0.5, 0.6) is 5.75 Å². The molecule has 0 radical (unpaired) electrons. The number of ether oxygens (including phenoxy) is 1. The first-order chi connectivity index (χ1) is 9.81. The molecule has 0 aliphatic carbocycles. The summed E-state index contributed by atoms with van der Waals surface area (Å²) in [7, 11) is 0. The molecule has 0 bridgehead atoms. The van der Waals surface area contributed by atoms with Gasteiger partial charge in [-0.15, -0.1) is 22.9 Å². The van der Waals surface area contributed by atoms with Crippen LogP contribution in [0, 0.1) is 0 Å². The lowest BCUT2D eigenvalue weighted by molar-refractivity contribution is 0.306. The predicted octanol–water partition coefficient (Wildman–Crippen LogP) is 4.85. The fourth-order valence-corrected chi connectivity index (χ4v) is 3.02. The molecule has 0 N–H and O–H groups in total. The molecule has 0 atom stereocenters. The molecular formula is C16H20ClNOS. The Bertz CT molecular complexity index is 527. The van der Waals surface area contributed by atoms with Crippen molar-refractivity contribution in [3.05, 3.63) is 45.9 Å². The van der Waals surface area contributed by atoms with Crippen LogP contribution >= 0.6 is 22.9 Å². The summed E-state index contributed by atoms with van der Waals surface area (Å²) in [6, 6.07) is 8.32. The minimum absolute atomic E-state index is 0.507. The lowest BCUT2D eigenvalue weighted by Crippen LogP contribution is -1.98. The maximum Gasteiger partial charge on any atom is 0.119 e. The first-order valence-electron chi connectivity index (χ1n) is 7.02. The fraction of sp³-hybridized carbons (Fsp3) is 0.438. The highest BCUT2D eigenvalue weighted by Crippen LogP contribution is 2.16. The third-order valence-electron chi connectivity index (χ3n) is 3.10. The van der Waals surface area contributed by atoms with Crippen LogP contribution in [-0.4, -0.2) is 11.6 Å². The van der Waals surface area contributed by atoms with E-state index in [1.807, 2.05) is 11.4 Å². The number of hydrogen-bond donors (Lipinski definition) is 0. The lowest BCUT2D eigenvalue weighted by Gasteiger charge is -2.07. The van der Waals surface area contributed by atoms with Crippen LogP contribution in [0.2, 0.25) is 0 Å². The number of aryl methyl sites for hydroxylation is 2. The van der Waals surface area contributed by atoms with Crippen molar-refractivity contribution in [1.29, 1.82) is 0 Å². The summed E-state index contributed by atoms with van der Waals surface area (Å²) < 4.78 is 5.77. The number of hydrogen-bond acceptors (Lipinski definition) is 3. The maximum atomic E-state index is 5.77. The molecule has 2 aromatic rings. The second kappa shape index (κ2) is 8.28. The molecule has 2 rings (SSSR count). The first-order valence-corrected chi connectivity index (χ1v) is 8.44. The van der Waals surface area contributed by atoms with Gasteiger partial charge in [0.2, 0.25) is 0 Å². The first kappa shape index (κ1) is 15.3. The Hall–Kier alpha value is -1.06. The minimum atomic E-state index is 0.507. The van der Waals surface area contributed by atoms with E-state index in [0.717, 1.165) is 43.7 Å². The van der Waals surface area contributed by atoms with Crippen molar-refractivity contribution in [1.82, 2.24) is 4.98 Å². The molecule has 0 aliphatic rings. The Morgan fingerprint density at radius 2 is 2.20 bits per heavy atom. The normalized spacial score (nSPS) is 10.7. The van der Waals surface area contributed by atoms with Gasteiger partial charge in [0.25, 0.3) is 0 Å². The Kier molecular flexibility index (Phi) is 6.34. The molecule has 108 valence electrons. The van der Waals surface area contributed by atoms with Gasteiger partial charge in [0.1, 0.15) is 5.75 Å². The van der Waals surface area contributed by atoms with E-state index in [-0.39, 0.29) is 0 Å². The van der Waals surface area contributed by atoms with Gasteiger partial charge < -0.3 is 4.74 Å². The van der Waals surface area contributed by atoms with Gasteiger partial charge in [-0.05, 0) is 43.4 Å². The molecule has 0 spiro atoms. The van der Waals surface area contributed by atoms with E-state index in [4.69, 9.17) is 16.3 Å². The van der Waals surface area contributed by atoms with Crippen molar-refractivity contribution in [2.24, 2.45) is 0 Å². The van der Waals surface area contributed by atoms with Gasteiger partial charge in [-0.2, -0.15) is 0 Å². The van der Waals surface area contributed by atoms with Crippen LogP contribution < -0.4 is 4.74 Å². The van der Waals surface area contributed by atoms with E-state index in [2.05, 4.69) is 30.1 Å². The zero-order valence-corrected chi connectivity index (χ0v) is 13.3. The molecule has 1 heterocycles. The van der Waals surface area contributed by atoms with Crippen LogP contribution in [0.1, 0.15) is 36.0 Å². The van der Waals surface area contributed by atoms with Crippen LogP contribution in [0.15, 0.2) is 29.6 Å². The van der Waals surface area contributed by atoms with Crippen molar-refractivity contribution in [2.45, 2.75) is 38.5 Å². The summed E-state index contributed by atoms with van der Waals surface area (Å²) in [5, 5.41) is 3.21. The molecule has 20 heavy (non-hydrogen) atoms. The summed E-state index contributed by atoms with van der Waals surface area (Å²) in [6.45, 7) is 2.92. The third-order valence-corrected chi connectivity index (χ3v) is 4.33. The summed E-state index contributed by atoms with van der Waals surface area (Å²) in [6.07, 6.45) is 4.21. The van der Waals surface area contributed by atoms with Gasteiger partial charge in [-0.25, -0.2) is 4.98 Å². The van der Waals surface area contributed by atoms with Gasteiger partial charge in [0.05, 0.1) is 23.2 Å². The number of thiazole rings is 1. The highest BCUT2D eigenvalue weighted by Gasteiger charge is 2.01. The number of unbranched alkanes of at least 4 members (excludes halogenated alkanes) is 1. The minimum Gasteiger partial charge on any atom is -0.494 e. The number of alkyl halides is 1. The van der Waals surface area contributed by atoms with Gasteiger partial charge in [-0.1, -0.05) is 19.1 Å². The highest BCUT2D eigenvalue weighted by atomic mass is 35.5. The van der Waals surface area contributed by atoms with E-state index in [1.54, 1.807) is 11.3 Å². The summed E-state index contributed by atoms with van der Waals surface area (Å²) in [5.41, 5.74) is 2.30. The SMILES string of the molecule is CCc1cccc(OCCCCc2nc(CCl)cs2)c1. The standard InChI is InChI=1S/C16H20ClNOS/c1-2-13-6-5-7-15(10-13)19-9-4-3-8-16-18-14(11-17)12-20-16/h5-7,10,12H,2-4,8-9,11H2,1H3. The Labute approximate surface area is 129 Å². The van der Waals surface area contributed by atoms with E-state index >= 15 is 0 Å². The summed E-state index contributed by atoms with van der Waals surface area (Å²) in [5.74, 6) is 1.48. The second-order valence-corrected chi connectivity index (χ2v) is 5.88. The Balaban J connectivity index is 1.66. The third kappa shape index (κ3) is 4.80. The Morgan fingerprint density at radius 3 is 2.95 bits per heavy atom. The van der Waals surface area contributed by atoms with Crippen LogP contribution in [-0.2, 0) is 18.7 Å². The van der Waals surface area contributed by atoms with E-state index in [9.17, 15) is 0 Å². The number of nitrogens with zero attached hydrogens (tertiary/aromatic N) is 1. The van der Waals surface area contributed by atoms with E-state index in [1.165, 1.54) is 10.6 Å². The number of benzene rings is 1. The summed E-state index contributed by atoms with van der Waals surface area (Å²) in [4.78, 5) is 4.45. The predicted molar refractivity (Wildman–Crippen MR) is 85.9 cm³/mol. The number of rotatable bonds is 8. The smallest absolute Gasteiger partial charge is 0.119 e.